The zero-order valence-electron chi connectivity index (χ0n) is 16.3. The number of nitrogens with one attached hydrogen (secondary N) is 2. The number of nitro benzene ring substituents is 1. The maximum Gasteiger partial charge on any atom is 0.314 e. The van der Waals surface area contributed by atoms with Gasteiger partial charge in [0.25, 0.3) is 5.56 Å². The molecule has 2 aromatic carbocycles. The predicted molar refractivity (Wildman–Crippen MR) is 111 cm³/mol. The minimum Gasteiger partial charge on any atom is -0.501 e. The molecular formula is C18H19N5O6S. The Bertz CT molecular complexity index is 1280. The van der Waals surface area contributed by atoms with Crippen molar-refractivity contribution in [3.8, 4) is 11.4 Å². The van der Waals surface area contributed by atoms with Crippen molar-refractivity contribution in [2.24, 2.45) is 0 Å². The summed E-state index contributed by atoms with van der Waals surface area (Å²) in [5.74, 6) is -0.737. The van der Waals surface area contributed by atoms with Gasteiger partial charge >= 0.3 is 5.69 Å². The average Bonchev–Trinajstić information content (AvgIpc) is 2.95. The number of rotatable bonds is 6. The number of aromatic hydroxyl groups is 1. The molecule has 12 heteroatoms. The first-order valence-electron chi connectivity index (χ1n) is 8.59. The highest BCUT2D eigenvalue weighted by Crippen LogP contribution is 2.38. The van der Waals surface area contributed by atoms with E-state index in [0.29, 0.717) is 11.4 Å². The van der Waals surface area contributed by atoms with Crippen LogP contribution in [0, 0.1) is 17.0 Å². The number of sulfone groups is 1. The second-order valence-corrected chi connectivity index (χ2v) is 8.61. The third kappa shape index (κ3) is 3.85. The summed E-state index contributed by atoms with van der Waals surface area (Å²) >= 11 is 0. The minimum atomic E-state index is -3.79. The first-order chi connectivity index (χ1) is 14.0. The van der Waals surface area contributed by atoms with E-state index in [1.54, 1.807) is 31.2 Å². The van der Waals surface area contributed by atoms with Crippen LogP contribution in [-0.4, -0.2) is 41.5 Å². The number of aromatic amines is 1. The zero-order chi connectivity index (χ0) is 22.2. The Morgan fingerprint density at radius 1 is 1.23 bits per heavy atom. The first kappa shape index (κ1) is 20.9. The van der Waals surface area contributed by atoms with Crippen LogP contribution in [0.3, 0.4) is 0 Å². The average molecular weight is 433 g/mol. The number of nitrogens with zero attached hydrogens (tertiary/aromatic N) is 3. The van der Waals surface area contributed by atoms with Crippen LogP contribution in [0.4, 0.5) is 17.1 Å². The molecule has 11 nitrogen and oxygen atoms in total. The lowest BCUT2D eigenvalue weighted by atomic mass is 10.2. The molecule has 0 aliphatic heterocycles. The van der Waals surface area contributed by atoms with Gasteiger partial charge in [0.1, 0.15) is 11.4 Å². The van der Waals surface area contributed by atoms with Crippen LogP contribution in [-0.2, 0) is 9.84 Å². The molecule has 0 unspecified atom stereocenters. The number of hydrogen-bond donors (Lipinski definition) is 3. The standard InChI is InChI=1S/C18H19N5O6S/c1-11-16(18(25)22(19-11)12-7-5-4-6-8-12)20-21(2)14-9-13(30(3,28)29)10-15(17(14)24)23(26)27/h4-10,19-20,24H,1-3H3. The van der Waals surface area contributed by atoms with Crippen LogP contribution in [0.2, 0.25) is 0 Å². The highest BCUT2D eigenvalue weighted by molar-refractivity contribution is 7.90. The van der Waals surface area contributed by atoms with Gasteiger partial charge in [-0.05, 0) is 25.1 Å². The SMILES string of the molecule is Cc1[nH]n(-c2ccccc2)c(=O)c1NN(C)c1cc(S(C)(=O)=O)cc([N+](=O)[O-])c1O. The van der Waals surface area contributed by atoms with Gasteiger partial charge in [-0.1, -0.05) is 18.2 Å². The van der Waals surface area contributed by atoms with E-state index in [2.05, 4.69) is 10.5 Å². The first-order valence-corrected chi connectivity index (χ1v) is 10.5. The maximum atomic E-state index is 12.8. The molecule has 0 saturated carbocycles. The van der Waals surface area contributed by atoms with E-state index in [9.17, 15) is 28.4 Å². The summed E-state index contributed by atoms with van der Waals surface area (Å²) in [5.41, 5.74) is 2.55. The number of aromatic nitrogens is 2. The number of benzene rings is 2. The smallest absolute Gasteiger partial charge is 0.314 e. The van der Waals surface area contributed by atoms with Crippen molar-refractivity contribution in [2.75, 3.05) is 23.7 Å². The molecule has 0 fully saturated rings. The van der Waals surface area contributed by atoms with Gasteiger partial charge in [-0.2, -0.15) is 0 Å². The number of phenolic OH excluding ortho intramolecular Hbond substituents is 1. The third-order valence-electron chi connectivity index (χ3n) is 4.39. The summed E-state index contributed by atoms with van der Waals surface area (Å²) in [5, 5.41) is 25.6. The number of anilines is 2. The molecule has 30 heavy (non-hydrogen) atoms. The predicted octanol–water partition coefficient (Wildman–Crippen LogP) is 1.95. The van der Waals surface area contributed by atoms with Crippen molar-refractivity contribution in [1.29, 1.82) is 0 Å². The van der Waals surface area contributed by atoms with Gasteiger partial charge in [0.15, 0.2) is 9.84 Å². The summed E-state index contributed by atoms with van der Waals surface area (Å²) < 4.78 is 25.1. The number of hydrazine groups is 1. The molecule has 3 rings (SSSR count). The lowest BCUT2D eigenvalue weighted by molar-refractivity contribution is -0.386. The van der Waals surface area contributed by atoms with E-state index < -0.39 is 31.8 Å². The molecule has 0 radical (unpaired) electrons. The molecule has 1 aromatic heterocycles. The van der Waals surface area contributed by atoms with E-state index in [-0.39, 0.29) is 16.3 Å². The molecule has 0 amide bonds. The molecule has 0 atom stereocenters. The fraction of sp³-hybridized carbons (Fsp3) is 0.167. The summed E-state index contributed by atoms with van der Waals surface area (Å²) in [6, 6.07) is 10.7. The fourth-order valence-corrected chi connectivity index (χ4v) is 3.50. The fourth-order valence-electron chi connectivity index (χ4n) is 2.85. The monoisotopic (exact) mass is 433 g/mol. The molecule has 0 saturated heterocycles. The molecule has 3 N–H and O–H groups in total. The largest absolute Gasteiger partial charge is 0.501 e. The summed E-state index contributed by atoms with van der Waals surface area (Å²) in [6.45, 7) is 1.65. The Balaban J connectivity index is 2.06. The quantitative estimate of drug-likeness (QED) is 0.394. The van der Waals surface area contributed by atoms with Gasteiger partial charge in [0.2, 0.25) is 5.75 Å². The van der Waals surface area contributed by atoms with E-state index in [1.165, 1.54) is 11.7 Å². The lowest BCUT2D eigenvalue weighted by Gasteiger charge is -2.22. The highest BCUT2D eigenvalue weighted by Gasteiger charge is 2.25. The number of hydrogen-bond acceptors (Lipinski definition) is 8. The van der Waals surface area contributed by atoms with Gasteiger partial charge in [0, 0.05) is 19.4 Å². The number of phenols is 1. The van der Waals surface area contributed by atoms with E-state index in [4.69, 9.17) is 0 Å². The summed E-state index contributed by atoms with van der Waals surface area (Å²) in [6.07, 6.45) is 0.898. The molecule has 0 aliphatic carbocycles. The van der Waals surface area contributed by atoms with E-state index in [0.717, 1.165) is 23.4 Å². The second-order valence-electron chi connectivity index (χ2n) is 6.60. The molecular weight excluding hydrogens is 414 g/mol. The van der Waals surface area contributed by atoms with Crippen molar-refractivity contribution >= 4 is 26.9 Å². The summed E-state index contributed by atoms with van der Waals surface area (Å²) in [4.78, 5) is 22.8. The number of para-hydroxylation sites is 1. The van der Waals surface area contributed by atoms with Crippen LogP contribution < -0.4 is 16.0 Å². The highest BCUT2D eigenvalue weighted by atomic mass is 32.2. The maximum absolute atomic E-state index is 12.8. The molecule has 0 bridgehead atoms. The Labute approximate surface area is 171 Å². The van der Waals surface area contributed by atoms with Crippen molar-refractivity contribution in [1.82, 2.24) is 9.78 Å². The number of aryl methyl sites for hydroxylation is 1. The molecule has 0 spiro atoms. The molecule has 3 aromatic rings. The van der Waals surface area contributed by atoms with E-state index >= 15 is 0 Å². The normalized spacial score (nSPS) is 11.3. The Kier molecular flexibility index (Phi) is 5.27. The Morgan fingerprint density at radius 3 is 2.43 bits per heavy atom. The summed E-state index contributed by atoms with van der Waals surface area (Å²) in [7, 11) is -2.40. The van der Waals surface area contributed by atoms with Crippen LogP contribution in [0.1, 0.15) is 5.69 Å². The molecule has 1 heterocycles. The Morgan fingerprint density at radius 2 is 1.87 bits per heavy atom. The van der Waals surface area contributed by atoms with Gasteiger partial charge in [0.05, 0.1) is 21.2 Å². The molecule has 158 valence electrons. The van der Waals surface area contributed by atoms with Gasteiger partial charge < -0.3 is 5.11 Å². The van der Waals surface area contributed by atoms with Gasteiger partial charge in [-0.25, -0.2) is 13.1 Å². The van der Waals surface area contributed by atoms with Crippen LogP contribution >= 0.6 is 0 Å². The van der Waals surface area contributed by atoms with Crippen molar-refractivity contribution in [3.63, 3.8) is 0 Å². The van der Waals surface area contributed by atoms with Crippen molar-refractivity contribution in [2.45, 2.75) is 11.8 Å². The van der Waals surface area contributed by atoms with Gasteiger partial charge in [-0.3, -0.25) is 30.4 Å². The third-order valence-corrected chi connectivity index (χ3v) is 5.49. The van der Waals surface area contributed by atoms with Crippen LogP contribution in [0.5, 0.6) is 5.75 Å². The number of H-pyrrole nitrogens is 1. The minimum absolute atomic E-state index is 0.119. The second kappa shape index (κ2) is 7.55. The lowest BCUT2D eigenvalue weighted by Crippen LogP contribution is -2.29. The van der Waals surface area contributed by atoms with Crippen LogP contribution in [0.25, 0.3) is 5.69 Å². The topological polar surface area (TPSA) is 151 Å². The van der Waals surface area contributed by atoms with Crippen molar-refractivity contribution in [3.05, 3.63) is 68.6 Å². The Hall–Kier alpha value is -3.80. The van der Waals surface area contributed by atoms with E-state index in [1.807, 2.05) is 6.07 Å². The van der Waals surface area contributed by atoms with Gasteiger partial charge in [-0.15, -0.1) is 0 Å². The molecule has 0 aliphatic rings. The number of nitro groups is 1. The van der Waals surface area contributed by atoms with Crippen molar-refractivity contribution < 1.29 is 18.4 Å². The zero-order valence-corrected chi connectivity index (χ0v) is 17.1. The van der Waals surface area contributed by atoms with Crippen LogP contribution in [0.15, 0.2) is 52.2 Å².